The molecule has 2 heterocycles. The zero-order valence-corrected chi connectivity index (χ0v) is 13.1. The predicted octanol–water partition coefficient (Wildman–Crippen LogP) is 3.12. The van der Waals surface area contributed by atoms with E-state index in [2.05, 4.69) is 41.1 Å². The first-order chi connectivity index (χ1) is 9.65. The van der Waals surface area contributed by atoms with Gasteiger partial charge in [-0.05, 0) is 44.7 Å². The molecule has 1 N–H and O–H groups in total. The standard InChI is InChI=1S/C15H28N4O/c1-12(2)14-17-15(20-18-14)16-8-4-5-9-19-10-6-7-13(3)11-19/h12-13H,4-11H2,1-3H3,(H,16,17,18). The zero-order chi connectivity index (χ0) is 14.4. The van der Waals surface area contributed by atoms with Crippen LogP contribution in [-0.2, 0) is 0 Å². The van der Waals surface area contributed by atoms with Crippen molar-refractivity contribution < 1.29 is 4.52 Å². The third-order valence-corrected chi connectivity index (χ3v) is 3.88. The van der Waals surface area contributed by atoms with Crippen LogP contribution in [0.15, 0.2) is 4.52 Å². The minimum absolute atomic E-state index is 0.315. The molecule has 1 aliphatic rings. The lowest BCUT2D eigenvalue weighted by atomic mass is 10.0. The Hall–Kier alpha value is -1.10. The summed E-state index contributed by atoms with van der Waals surface area (Å²) >= 11 is 0. The Balaban J connectivity index is 1.57. The number of hydrogen-bond acceptors (Lipinski definition) is 5. The molecule has 0 spiro atoms. The first-order valence-electron chi connectivity index (χ1n) is 7.95. The number of anilines is 1. The van der Waals surface area contributed by atoms with E-state index in [-0.39, 0.29) is 0 Å². The molecule has 2 rings (SSSR count). The maximum Gasteiger partial charge on any atom is 0.321 e. The van der Waals surface area contributed by atoms with Crippen LogP contribution in [0.3, 0.4) is 0 Å². The van der Waals surface area contributed by atoms with Crippen LogP contribution in [-0.4, -0.2) is 41.2 Å². The number of unbranched alkanes of at least 4 members (excludes halogenated alkanes) is 1. The van der Waals surface area contributed by atoms with Crippen LogP contribution in [0.4, 0.5) is 6.01 Å². The van der Waals surface area contributed by atoms with E-state index in [0.29, 0.717) is 11.9 Å². The first kappa shape index (κ1) is 15.3. The average molecular weight is 280 g/mol. The SMILES string of the molecule is CC1CCCN(CCCCNc2nc(C(C)C)no2)C1. The average Bonchev–Trinajstić information content (AvgIpc) is 2.87. The summed E-state index contributed by atoms with van der Waals surface area (Å²) in [6.45, 7) is 11.2. The molecule has 1 aliphatic heterocycles. The van der Waals surface area contributed by atoms with Crippen LogP contribution < -0.4 is 5.32 Å². The van der Waals surface area contributed by atoms with Gasteiger partial charge in [-0.1, -0.05) is 25.9 Å². The largest absolute Gasteiger partial charge is 0.338 e. The summed E-state index contributed by atoms with van der Waals surface area (Å²) in [7, 11) is 0. The molecule has 0 amide bonds. The van der Waals surface area contributed by atoms with Gasteiger partial charge in [0.25, 0.3) is 0 Å². The molecule has 0 bridgehead atoms. The Kier molecular flexibility index (Phi) is 5.83. The summed E-state index contributed by atoms with van der Waals surface area (Å²) in [5, 5.41) is 7.15. The molecule has 1 saturated heterocycles. The number of aromatic nitrogens is 2. The molecule has 1 aromatic rings. The fraction of sp³-hybridized carbons (Fsp3) is 0.867. The molecule has 1 unspecified atom stereocenters. The van der Waals surface area contributed by atoms with Gasteiger partial charge in [0, 0.05) is 19.0 Å². The Morgan fingerprint density at radius 1 is 1.40 bits per heavy atom. The van der Waals surface area contributed by atoms with E-state index in [4.69, 9.17) is 4.52 Å². The van der Waals surface area contributed by atoms with Gasteiger partial charge < -0.3 is 14.7 Å². The van der Waals surface area contributed by atoms with Crippen molar-refractivity contribution in [2.24, 2.45) is 5.92 Å². The monoisotopic (exact) mass is 280 g/mol. The zero-order valence-electron chi connectivity index (χ0n) is 13.1. The topological polar surface area (TPSA) is 54.2 Å². The minimum atomic E-state index is 0.315. The van der Waals surface area contributed by atoms with Crippen LogP contribution in [0.5, 0.6) is 0 Å². The van der Waals surface area contributed by atoms with Gasteiger partial charge in [-0.15, -0.1) is 0 Å². The second-order valence-electron chi connectivity index (χ2n) is 6.29. The van der Waals surface area contributed by atoms with E-state index in [9.17, 15) is 0 Å². The molecule has 1 fully saturated rings. The molecule has 20 heavy (non-hydrogen) atoms. The van der Waals surface area contributed by atoms with Crippen LogP contribution in [0.2, 0.25) is 0 Å². The van der Waals surface area contributed by atoms with Gasteiger partial charge in [0.05, 0.1) is 0 Å². The van der Waals surface area contributed by atoms with Crippen LogP contribution in [0, 0.1) is 5.92 Å². The smallest absolute Gasteiger partial charge is 0.321 e. The normalized spacial score (nSPS) is 20.5. The quantitative estimate of drug-likeness (QED) is 0.778. The molecule has 5 heteroatoms. The van der Waals surface area contributed by atoms with E-state index in [0.717, 1.165) is 24.7 Å². The molecule has 5 nitrogen and oxygen atoms in total. The van der Waals surface area contributed by atoms with Gasteiger partial charge in [-0.2, -0.15) is 4.98 Å². The van der Waals surface area contributed by atoms with Crippen molar-refractivity contribution in [2.45, 2.75) is 52.4 Å². The highest BCUT2D eigenvalue weighted by atomic mass is 16.5. The molecule has 1 aromatic heterocycles. The number of rotatable bonds is 7. The molecule has 1 atom stereocenters. The molecule has 0 aromatic carbocycles. The van der Waals surface area contributed by atoms with Crippen molar-refractivity contribution >= 4 is 6.01 Å². The van der Waals surface area contributed by atoms with Gasteiger partial charge in [-0.3, -0.25) is 0 Å². The Morgan fingerprint density at radius 3 is 2.95 bits per heavy atom. The number of nitrogens with zero attached hydrogens (tertiary/aromatic N) is 3. The number of nitrogens with one attached hydrogen (secondary N) is 1. The highest BCUT2D eigenvalue weighted by molar-refractivity contribution is 5.18. The fourth-order valence-corrected chi connectivity index (χ4v) is 2.69. The van der Waals surface area contributed by atoms with Crippen molar-refractivity contribution in [3.63, 3.8) is 0 Å². The summed E-state index contributed by atoms with van der Waals surface area (Å²) < 4.78 is 5.15. The summed E-state index contributed by atoms with van der Waals surface area (Å²) in [6, 6.07) is 0.556. The van der Waals surface area contributed by atoms with Gasteiger partial charge in [-0.25, -0.2) is 0 Å². The van der Waals surface area contributed by atoms with Crippen molar-refractivity contribution in [2.75, 3.05) is 31.5 Å². The summed E-state index contributed by atoms with van der Waals surface area (Å²) in [6.07, 6.45) is 5.13. The summed E-state index contributed by atoms with van der Waals surface area (Å²) in [5.41, 5.74) is 0. The van der Waals surface area contributed by atoms with Crippen molar-refractivity contribution in [3.05, 3.63) is 5.82 Å². The van der Waals surface area contributed by atoms with E-state index in [1.54, 1.807) is 0 Å². The lowest BCUT2D eigenvalue weighted by Crippen LogP contribution is -2.35. The maximum absolute atomic E-state index is 5.15. The second-order valence-corrected chi connectivity index (χ2v) is 6.29. The van der Waals surface area contributed by atoms with E-state index in [1.165, 1.54) is 38.9 Å². The fourth-order valence-electron chi connectivity index (χ4n) is 2.69. The van der Waals surface area contributed by atoms with E-state index < -0.39 is 0 Å². The second kappa shape index (κ2) is 7.62. The molecule has 0 radical (unpaired) electrons. The third kappa shape index (κ3) is 4.78. The van der Waals surface area contributed by atoms with Crippen molar-refractivity contribution in [1.29, 1.82) is 0 Å². The van der Waals surface area contributed by atoms with Crippen molar-refractivity contribution in [3.8, 4) is 0 Å². The van der Waals surface area contributed by atoms with Crippen LogP contribution in [0.25, 0.3) is 0 Å². The minimum Gasteiger partial charge on any atom is -0.338 e. The van der Waals surface area contributed by atoms with Gasteiger partial charge in [0.15, 0.2) is 5.82 Å². The van der Waals surface area contributed by atoms with Crippen LogP contribution in [0.1, 0.15) is 58.2 Å². The Morgan fingerprint density at radius 2 is 2.25 bits per heavy atom. The summed E-state index contributed by atoms with van der Waals surface area (Å²) in [5.74, 6) is 1.96. The molecular formula is C15H28N4O. The molecule has 114 valence electrons. The lowest BCUT2D eigenvalue weighted by molar-refractivity contribution is 0.181. The highest BCUT2D eigenvalue weighted by Gasteiger charge is 2.15. The predicted molar refractivity (Wildman–Crippen MR) is 80.9 cm³/mol. The number of piperidine rings is 1. The van der Waals surface area contributed by atoms with Crippen LogP contribution >= 0.6 is 0 Å². The molecule has 0 saturated carbocycles. The van der Waals surface area contributed by atoms with E-state index in [1.807, 2.05) is 0 Å². The van der Waals surface area contributed by atoms with Gasteiger partial charge in [0.2, 0.25) is 0 Å². The summed E-state index contributed by atoms with van der Waals surface area (Å²) in [4.78, 5) is 6.90. The number of hydrogen-bond donors (Lipinski definition) is 1. The Bertz CT molecular complexity index is 391. The molecular weight excluding hydrogens is 252 g/mol. The molecule has 0 aliphatic carbocycles. The Labute approximate surface area is 122 Å². The van der Waals surface area contributed by atoms with Gasteiger partial charge in [0.1, 0.15) is 0 Å². The lowest BCUT2D eigenvalue weighted by Gasteiger charge is -2.30. The first-order valence-corrected chi connectivity index (χ1v) is 7.95. The number of likely N-dealkylation sites (tertiary alicyclic amines) is 1. The maximum atomic E-state index is 5.15. The van der Waals surface area contributed by atoms with Crippen molar-refractivity contribution in [1.82, 2.24) is 15.0 Å². The van der Waals surface area contributed by atoms with E-state index >= 15 is 0 Å². The highest BCUT2D eigenvalue weighted by Crippen LogP contribution is 2.16. The van der Waals surface area contributed by atoms with Gasteiger partial charge >= 0.3 is 6.01 Å². The third-order valence-electron chi connectivity index (χ3n) is 3.88.